The van der Waals surface area contributed by atoms with Crippen LogP contribution in [0, 0.1) is 20.8 Å². The number of carbonyl (C=O) groups excluding carboxylic acids is 1. The minimum absolute atomic E-state index is 0.115. The van der Waals surface area contributed by atoms with Crippen LogP contribution in [0.15, 0.2) is 42.5 Å². The van der Waals surface area contributed by atoms with Crippen LogP contribution in [-0.2, 0) is 17.9 Å². The van der Waals surface area contributed by atoms with Crippen molar-refractivity contribution in [3.05, 3.63) is 65.1 Å². The smallest absolute Gasteiger partial charge is 0.247 e. The summed E-state index contributed by atoms with van der Waals surface area (Å²) in [5.74, 6) is 0.582. The number of nitrogens with zero attached hydrogens (tertiary/aromatic N) is 4. The maximum atomic E-state index is 12.3. The summed E-state index contributed by atoms with van der Waals surface area (Å²) >= 11 is 0. The zero-order chi connectivity index (χ0) is 17.1. The number of amides is 1. The van der Waals surface area contributed by atoms with E-state index in [9.17, 15) is 4.79 Å². The topological polar surface area (TPSA) is 64.7 Å². The summed E-state index contributed by atoms with van der Waals surface area (Å²) in [6, 6.07) is 13.9. The van der Waals surface area contributed by atoms with Gasteiger partial charge >= 0.3 is 0 Å². The molecule has 1 N–H and O–H groups in total. The van der Waals surface area contributed by atoms with Gasteiger partial charge in [0.1, 0.15) is 12.4 Å². The maximum Gasteiger partial charge on any atom is 0.247 e. The van der Waals surface area contributed by atoms with Crippen LogP contribution >= 0.6 is 0 Å². The van der Waals surface area contributed by atoms with Crippen LogP contribution in [0.4, 0.5) is 5.82 Å². The number of carbonyl (C=O) groups is 1. The Morgan fingerprint density at radius 1 is 1.00 bits per heavy atom. The normalized spacial score (nSPS) is 10.8. The van der Waals surface area contributed by atoms with E-state index in [0.717, 1.165) is 22.6 Å². The maximum absolute atomic E-state index is 12.3. The second kappa shape index (κ2) is 6.70. The fourth-order valence-corrected chi connectivity index (χ4v) is 2.68. The average molecular weight is 323 g/mol. The average Bonchev–Trinajstić information content (AvgIpc) is 3.02. The predicted octanol–water partition coefficient (Wildman–Crippen LogP) is 2.69. The number of aryl methyl sites for hydroxylation is 3. The Morgan fingerprint density at radius 2 is 1.67 bits per heavy atom. The summed E-state index contributed by atoms with van der Waals surface area (Å²) in [6.45, 7) is 6.58. The second-order valence-corrected chi connectivity index (χ2v) is 5.95. The fraction of sp³-hybridized carbons (Fsp3) is 0.278. The molecule has 24 heavy (non-hydrogen) atoms. The molecule has 0 fully saturated rings. The quantitative estimate of drug-likeness (QED) is 0.785. The third-order valence-electron chi connectivity index (χ3n) is 3.74. The van der Waals surface area contributed by atoms with E-state index in [1.807, 2.05) is 67.9 Å². The minimum Gasteiger partial charge on any atom is -0.309 e. The number of anilines is 1. The van der Waals surface area contributed by atoms with Gasteiger partial charge in [-0.25, -0.2) is 4.68 Å². The zero-order valence-corrected chi connectivity index (χ0v) is 14.2. The molecule has 0 unspecified atom stereocenters. The molecule has 2 heterocycles. The highest BCUT2D eigenvalue weighted by atomic mass is 16.2. The summed E-state index contributed by atoms with van der Waals surface area (Å²) in [6.07, 6.45) is 0. The Morgan fingerprint density at radius 3 is 2.33 bits per heavy atom. The molecule has 1 amide bonds. The highest BCUT2D eigenvalue weighted by molar-refractivity contribution is 5.89. The van der Waals surface area contributed by atoms with Crippen molar-refractivity contribution in [2.45, 2.75) is 33.9 Å². The standard InChI is InChI=1S/C18H21N5O/c1-13-9-15(3)22(20-13)12-18(24)19-17-10-14(2)21-23(17)11-16-7-5-4-6-8-16/h4-10H,11-12H2,1-3H3,(H,19,24). The molecule has 0 atom stereocenters. The van der Waals surface area contributed by atoms with E-state index in [1.165, 1.54) is 0 Å². The van der Waals surface area contributed by atoms with Gasteiger partial charge in [-0.15, -0.1) is 0 Å². The third kappa shape index (κ3) is 3.71. The Hall–Kier alpha value is -2.89. The van der Waals surface area contributed by atoms with Crippen LogP contribution in [0.5, 0.6) is 0 Å². The largest absolute Gasteiger partial charge is 0.309 e. The van der Waals surface area contributed by atoms with Gasteiger partial charge in [0.15, 0.2) is 0 Å². The highest BCUT2D eigenvalue weighted by Crippen LogP contribution is 2.13. The van der Waals surface area contributed by atoms with Crippen LogP contribution in [0.1, 0.15) is 22.6 Å². The van der Waals surface area contributed by atoms with Crippen molar-refractivity contribution < 1.29 is 4.79 Å². The molecule has 0 aliphatic heterocycles. The van der Waals surface area contributed by atoms with Crippen molar-refractivity contribution in [2.75, 3.05) is 5.32 Å². The van der Waals surface area contributed by atoms with Crippen LogP contribution in [-0.4, -0.2) is 25.5 Å². The minimum atomic E-state index is -0.115. The summed E-state index contributed by atoms with van der Waals surface area (Å²) in [5.41, 5.74) is 3.88. The Labute approximate surface area is 141 Å². The molecule has 2 aromatic heterocycles. The Bertz CT molecular complexity index is 848. The first-order valence-corrected chi connectivity index (χ1v) is 7.90. The van der Waals surface area contributed by atoms with E-state index in [1.54, 1.807) is 4.68 Å². The summed E-state index contributed by atoms with van der Waals surface area (Å²) < 4.78 is 3.51. The summed E-state index contributed by atoms with van der Waals surface area (Å²) in [5, 5.41) is 11.7. The first-order chi connectivity index (χ1) is 11.5. The van der Waals surface area contributed by atoms with Crippen molar-refractivity contribution >= 4 is 11.7 Å². The Balaban J connectivity index is 1.73. The van der Waals surface area contributed by atoms with Gasteiger partial charge in [0.2, 0.25) is 5.91 Å². The van der Waals surface area contributed by atoms with Gasteiger partial charge in [-0.2, -0.15) is 10.2 Å². The molecule has 0 bridgehead atoms. The second-order valence-electron chi connectivity index (χ2n) is 5.95. The molecule has 6 nitrogen and oxygen atoms in total. The van der Waals surface area contributed by atoms with Gasteiger partial charge in [0.05, 0.1) is 17.9 Å². The van der Waals surface area contributed by atoms with E-state index in [-0.39, 0.29) is 12.5 Å². The molecule has 0 spiro atoms. The van der Waals surface area contributed by atoms with Crippen molar-refractivity contribution in [3.8, 4) is 0 Å². The number of nitrogens with one attached hydrogen (secondary N) is 1. The lowest BCUT2D eigenvalue weighted by Crippen LogP contribution is -2.22. The molecule has 1 aromatic carbocycles. The molecule has 6 heteroatoms. The lowest BCUT2D eigenvalue weighted by Gasteiger charge is -2.10. The summed E-state index contributed by atoms with van der Waals surface area (Å²) in [4.78, 5) is 12.3. The van der Waals surface area contributed by atoms with Crippen LogP contribution in [0.25, 0.3) is 0 Å². The van der Waals surface area contributed by atoms with Crippen LogP contribution in [0.3, 0.4) is 0 Å². The molecule has 0 aliphatic rings. The van der Waals surface area contributed by atoms with Gasteiger partial charge in [-0.3, -0.25) is 9.48 Å². The number of hydrogen-bond donors (Lipinski definition) is 1. The molecule has 124 valence electrons. The van der Waals surface area contributed by atoms with Gasteiger partial charge in [0, 0.05) is 11.8 Å². The van der Waals surface area contributed by atoms with Gasteiger partial charge in [-0.05, 0) is 32.4 Å². The van der Waals surface area contributed by atoms with E-state index in [2.05, 4.69) is 15.5 Å². The molecule has 0 aliphatic carbocycles. The first kappa shape index (κ1) is 16.0. The highest BCUT2D eigenvalue weighted by Gasteiger charge is 2.12. The fourth-order valence-electron chi connectivity index (χ4n) is 2.68. The molecule has 0 saturated carbocycles. The van der Waals surface area contributed by atoms with Crippen LogP contribution < -0.4 is 5.32 Å². The van der Waals surface area contributed by atoms with E-state index < -0.39 is 0 Å². The SMILES string of the molecule is Cc1cc(C)n(CC(=O)Nc2cc(C)nn2Cc2ccccc2)n1. The first-order valence-electron chi connectivity index (χ1n) is 7.90. The lowest BCUT2D eigenvalue weighted by atomic mass is 10.2. The van der Waals surface area contributed by atoms with Crippen molar-refractivity contribution in [3.63, 3.8) is 0 Å². The molecule has 3 rings (SSSR count). The van der Waals surface area contributed by atoms with E-state index in [4.69, 9.17) is 0 Å². The molecule has 0 saturated heterocycles. The number of benzene rings is 1. The molecular weight excluding hydrogens is 302 g/mol. The van der Waals surface area contributed by atoms with E-state index >= 15 is 0 Å². The summed E-state index contributed by atoms with van der Waals surface area (Å²) in [7, 11) is 0. The van der Waals surface area contributed by atoms with Gasteiger partial charge in [0.25, 0.3) is 0 Å². The van der Waals surface area contributed by atoms with Gasteiger partial charge in [-0.1, -0.05) is 30.3 Å². The monoisotopic (exact) mass is 323 g/mol. The van der Waals surface area contributed by atoms with Crippen molar-refractivity contribution in [2.24, 2.45) is 0 Å². The lowest BCUT2D eigenvalue weighted by molar-refractivity contribution is -0.117. The number of aromatic nitrogens is 4. The number of rotatable bonds is 5. The molecular formula is C18H21N5O. The van der Waals surface area contributed by atoms with Crippen molar-refractivity contribution in [1.82, 2.24) is 19.6 Å². The zero-order valence-electron chi connectivity index (χ0n) is 14.2. The van der Waals surface area contributed by atoms with Gasteiger partial charge < -0.3 is 5.32 Å². The molecule has 0 radical (unpaired) electrons. The third-order valence-corrected chi connectivity index (χ3v) is 3.74. The number of hydrogen-bond acceptors (Lipinski definition) is 3. The van der Waals surface area contributed by atoms with E-state index in [0.29, 0.717) is 12.4 Å². The molecule has 3 aromatic rings. The van der Waals surface area contributed by atoms with Crippen LogP contribution in [0.2, 0.25) is 0 Å². The van der Waals surface area contributed by atoms with Crippen molar-refractivity contribution in [1.29, 1.82) is 0 Å². The predicted molar refractivity (Wildman–Crippen MR) is 92.8 cm³/mol. The Kier molecular flexibility index (Phi) is 4.46.